The number of benzene rings is 3. The largest absolute Gasteiger partial charge is 0.508 e. The second-order valence-corrected chi connectivity index (χ2v) is 18.1. The van der Waals surface area contributed by atoms with Gasteiger partial charge in [0, 0.05) is 19.1 Å². The smallest absolute Gasteiger partial charge is 0.224 e. The van der Waals surface area contributed by atoms with Crippen molar-refractivity contribution in [2.75, 3.05) is 6.54 Å². The third-order valence-electron chi connectivity index (χ3n) is 8.86. The summed E-state index contributed by atoms with van der Waals surface area (Å²) in [6, 6.07) is 21.5. The molecule has 228 valence electrons. The van der Waals surface area contributed by atoms with Gasteiger partial charge in [-0.25, -0.2) is 0 Å². The van der Waals surface area contributed by atoms with Crippen LogP contribution in [0.2, 0.25) is 17.6 Å². The molecule has 6 heteroatoms. The van der Waals surface area contributed by atoms with Crippen LogP contribution in [0, 0.1) is 20.8 Å². The summed E-state index contributed by atoms with van der Waals surface area (Å²) in [6.07, 6.45) is 1.05. The van der Waals surface area contributed by atoms with Crippen LogP contribution < -0.4 is 10.6 Å². The molecule has 5 nitrogen and oxygen atoms in total. The normalized spacial score (nSPS) is 14.7. The SMILES string of the molecule is CC[Si](C)(O[C@@H](CN[C@H](C)Cc1cccc(CC(=O)NCc2cccc(C)c2C)c1)c1cc(C)cc(O)c1)C(C)(C)C. The molecule has 3 rings (SSSR count). The molecule has 1 unspecified atom stereocenters. The van der Waals surface area contributed by atoms with Gasteiger partial charge >= 0.3 is 0 Å². The van der Waals surface area contributed by atoms with E-state index in [0.29, 0.717) is 19.5 Å². The number of rotatable bonds is 13. The van der Waals surface area contributed by atoms with Crippen LogP contribution in [-0.4, -0.2) is 31.9 Å². The van der Waals surface area contributed by atoms with Crippen LogP contribution in [0.4, 0.5) is 0 Å². The lowest BCUT2D eigenvalue weighted by atomic mass is 10.0. The topological polar surface area (TPSA) is 70.6 Å². The first-order chi connectivity index (χ1) is 19.7. The fourth-order valence-electron chi connectivity index (χ4n) is 5.36. The summed E-state index contributed by atoms with van der Waals surface area (Å²) in [4.78, 5) is 12.7. The maximum absolute atomic E-state index is 12.7. The second kappa shape index (κ2) is 14.5. The number of aryl methyl sites for hydroxylation is 2. The number of carbonyl (C=O) groups is 1. The third-order valence-corrected chi connectivity index (χ3v) is 14.2. The lowest BCUT2D eigenvalue weighted by Crippen LogP contribution is -2.46. The van der Waals surface area contributed by atoms with Gasteiger partial charge in [0.05, 0.1) is 12.5 Å². The molecule has 0 saturated carbocycles. The number of aromatic hydroxyl groups is 1. The van der Waals surface area contributed by atoms with E-state index < -0.39 is 8.32 Å². The predicted molar refractivity (Wildman–Crippen MR) is 178 cm³/mol. The van der Waals surface area contributed by atoms with Crippen molar-refractivity contribution in [3.8, 4) is 5.75 Å². The third kappa shape index (κ3) is 9.28. The highest BCUT2D eigenvalue weighted by Crippen LogP contribution is 2.42. The molecule has 3 N–H and O–H groups in total. The summed E-state index contributed by atoms with van der Waals surface area (Å²) in [7, 11) is -2.07. The summed E-state index contributed by atoms with van der Waals surface area (Å²) < 4.78 is 7.00. The number of hydrogen-bond donors (Lipinski definition) is 3. The van der Waals surface area contributed by atoms with Crippen molar-refractivity contribution >= 4 is 14.2 Å². The summed E-state index contributed by atoms with van der Waals surface area (Å²) in [5.41, 5.74) is 7.88. The van der Waals surface area contributed by atoms with Crippen LogP contribution >= 0.6 is 0 Å². The maximum Gasteiger partial charge on any atom is 0.224 e. The van der Waals surface area contributed by atoms with Crippen LogP contribution in [0.15, 0.2) is 60.7 Å². The quantitative estimate of drug-likeness (QED) is 0.178. The summed E-state index contributed by atoms with van der Waals surface area (Å²) in [6.45, 7) is 21.0. The average molecular weight is 589 g/mol. The van der Waals surface area contributed by atoms with Crippen LogP contribution in [-0.2, 0) is 28.6 Å². The standard InChI is InChI=1S/C36H52N2O3Si/c1-10-42(9,36(6,7)8)41-34(32-17-25(2)18-33(39)22-32)24-37-27(4)19-29-14-12-15-30(20-29)21-35(40)38-23-31-16-11-13-26(3)28(31)5/h11-18,20,22,27,34,37,39H,10,19,21,23-24H2,1-9H3,(H,38,40)/t27-,34+,42?/m1/s1. The molecule has 0 saturated heterocycles. The van der Waals surface area contributed by atoms with Gasteiger partial charge in [-0.3, -0.25) is 4.79 Å². The number of phenols is 1. The van der Waals surface area contributed by atoms with Crippen molar-refractivity contribution in [2.45, 2.75) is 105 Å². The Kier molecular flexibility index (Phi) is 11.6. The van der Waals surface area contributed by atoms with Gasteiger partial charge in [0.25, 0.3) is 0 Å². The molecule has 0 spiro atoms. The molecule has 0 fully saturated rings. The molecule has 0 radical (unpaired) electrons. The lowest BCUT2D eigenvalue weighted by Gasteiger charge is -2.42. The molecule has 42 heavy (non-hydrogen) atoms. The first-order valence-corrected chi connectivity index (χ1v) is 17.9. The Morgan fingerprint density at radius 1 is 1.00 bits per heavy atom. The molecule has 0 aromatic heterocycles. The van der Waals surface area contributed by atoms with E-state index in [0.717, 1.165) is 34.7 Å². The van der Waals surface area contributed by atoms with Crippen molar-refractivity contribution in [3.05, 3.63) is 99.6 Å². The first-order valence-electron chi connectivity index (χ1n) is 15.3. The van der Waals surface area contributed by atoms with Crippen LogP contribution in [0.25, 0.3) is 0 Å². The average Bonchev–Trinajstić information content (AvgIpc) is 2.90. The van der Waals surface area contributed by atoms with E-state index in [2.05, 4.69) is 96.0 Å². The van der Waals surface area contributed by atoms with E-state index in [4.69, 9.17) is 4.43 Å². The molecule has 0 aliphatic rings. The van der Waals surface area contributed by atoms with E-state index in [9.17, 15) is 9.90 Å². The van der Waals surface area contributed by atoms with Crippen molar-refractivity contribution < 1.29 is 14.3 Å². The number of carbonyl (C=O) groups excluding carboxylic acids is 1. The van der Waals surface area contributed by atoms with Crippen molar-refractivity contribution in [1.82, 2.24) is 10.6 Å². The Morgan fingerprint density at radius 2 is 1.69 bits per heavy atom. The van der Waals surface area contributed by atoms with Crippen molar-refractivity contribution in [3.63, 3.8) is 0 Å². The molecule has 0 heterocycles. The summed E-state index contributed by atoms with van der Waals surface area (Å²) >= 11 is 0. The van der Waals surface area contributed by atoms with Gasteiger partial charge in [0.1, 0.15) is 5.75 Å². The van der Waals surface area contributed by atoms with E-state index in [1.54, 1.807) is 6.07 Å². The zero-order valence-electron chi connectivity index (χ0n) is 27.2. The second-order valence-electron chi connectivity index (χ2n) is 13.2. The molecule has 3 aromatic carbocycles. The molecule has 0 aliphatic heterocycles. The van der Waals surface area contributed by atoms with Gasteiger partial charge in [-0.1, -0.05) is 76.2 Å². The number of amides is 1. The Bertz CT molecular complexity index is 1330. The van der Waals surface area contributed by atoms with Crippen LogP contribution in [0.5, 0.6) is 5.75 Å². The Balaban J connectivity index is 1.64. The summed E-state index contributed by atoms with van der Waals surface area (Å²) in [5.74, 6) is 0.305. The maximum atomic E-state index is 12.7. The molecular weight excluding hydrogens is 536 g/mol. The Hall–Kier alpha value is -2.93. The molecule has 0 aliphatic carbocycles. The number of nitrogens with one attached hydrogen (secondary N) is 2. The van der Waals surface area contributed by atoms with Gasteiger partial charge in [-0.2, -0.15) is 0 Å². The molecule has 3 atom stereocenters. The monoisotopic (exact) mass is 588 g/mol. The minimum atomic E-state index is -2.07. The Morgan fingerprint density at radius 3 is 2.36 bits per heavy atom. The predicted octanol–water partition coefficient (Wildman–Crippen LogP) is 7.85. The highest BCUT2D eigenvalue weighted by atomic mass is 28.4. The first kappa shape index (κ1) is 33.6. The molecular formula is C36H52N2O3Si. The van der Waals surface area contributed by atoms with Gasteiger partial charge in [-0.15, -0.1) is 0 Å². The van der Waals surface area contributed by atoms with Crippen molar-refractivity contribution in [1.29, 1.82) is 0 Å². The van der Waals surface area contributed by atoms with Crippen molar-refractivity contribution in [2.24, 2.45) is 0 Å². The zero-order valence-corrected chi connectivity index (χ0v) is 28.2. The zero-order chi connectivity index (χ0) is 31.1. The van der Waals surface area contributed by atoms with E-state index in [1.165, 1.54) is 16.7 Å². The van der Waals surface area contributed by atoms with Gasteiger partial charge in [0.15, 0.2) is 8.32 Å². The van der Waals surface area contributed by atoms with Gasteiger partial charge in [-0.05, 0) is 103 Å². The van der Waals surface area contributed by atoms with E-state index in [-0.39, 0.29) is 28.8 Å². The minimum absolute atomic E-state index is 0.0302. The fraction of sp³-hybridized carbons (Fsp3) is 0.472. The van der Waals surface area contributed by atoms with Gasteiger partial charge < -0.3 is 20.2 Å². The minimum Gasteiger partial charge on any atom is -0.508 e. The Labute approximate surface area is 255 Å². The van der Waals surface area contributed by atoms with Gasteiger partial charge in [0.2, 0.25) is 5.91 Å². The van der Waals surface area contributed by atoms with E-state index in [1.807, 2.05) is 31.2 Å². The number of hydrogen-bond acceptors (Lipinski definition) is 4. The molecule has 0 bridgehead atoms. The van der Waals surface area contributed by atoms with Crippen LogP contribution in [0.1, 0.15) is 79.7 Å². The molecule has 1 amide bonds. The van der Waals surface area contributed by atoms with Crippen LogP contribution in [0.3, 0.4) is 0 Å². The highest BCUT2D eigenvalue weighted by Gasteiger charge is 2.42. The fourth-order valence-corrected chi connectivity index (χ4v) is 7.78. The highest BCUT2D eigenvalue weighted by molar-refractivity contribution is 6.75. The lowest BCUT2D eigenvalue weighted by molar-refractivity contribution is -0.120. The summed E-state index contributed by atoms with van der Waals surface area (Å²) in [5, 5.41) is 17.2. The van der Waals surface area contributed by atoms with E-state index >= 15 is 0 Å². The number of phenolic OH excluding ortho intramolecular Hbond substituents is 1. The molecule has 3 aromatic rings.